The van der Waals surface area contributed by atoms with Gasteiger partial charge in [0.2, 0.25) is 5.96 Å². The standard InChI is InChI=1S/C14H16Cl2N4O/c15-10-1-3-11(4-2-10)17-13-9-12(16)18-14(19-13)20-5-7-21-8-6-20/h1-4,9,13,17H,5-8H2,(H,18,19). The van der Waals surface area contributed by atoms with Crippen LogP contribution in [0.3, 0.4) is 0 Å². The highest BCUT2D eigenvalue weighted by Crippen LogP contribution is 2.17. The molecule has 2 heterocycles. The van der Waals surface area contributed by atoms with E-state index in [2.05, 4.69) is 20.5 Å². The molecular formula is C14H16Cl2N4O. The van der Waals surface area contributed by atoms with Crippen molar-refractivity contribution in [2.24, 2.45) is 4.99 Å². The van der Waals surface area contributed by atoms with Gasteiger partial charge >= 0.3 is 0 Å². The van der Waals surface area contributed by atoms with E-state index in [-0.39, 0.29) is 6.17 Å². The molecule has 3 rings (SSSR count). The van der Waals surface area contributed by atoms with E-state index in [1.54, 1.807) is 0 Å². The topological polar surface area (TPSA) is 48.9 Å². The molecule has 1 unspecified atom stereocenters. The molecule has 1 aromatic carbocycles. The fourth-order valence-electron chi connectivity index (χ4n) is 2.22. The molecule has 0 aliphatic carbocycles. The number of ether oxygens (including phenoxy) is 1. The predicted molar refractivity (Wildman–Crippen MR) is 85.8 cm³/mol. The number of benzene rings is 1. The first-order chi connectivity index (χ1) is 10.2. The summed E-state index contributed by atoms with van der Waals surface area (Å²) in [6.07, 6.45) is 1.62. The summed E-state index contributed by atoms with van der Waals surface area (Å²) in [5.41, 5.74) is 0.942. The average molecular weight is 327 g/mol. The molecule has 5 nitrogen and oxygen atoms in total. The number of guanidine groups is 1. The second-order valence-corrected chi connectivity index (χ2v) is 5.63. The Morgan fingerprint density at radius 3 is 2.62 bits per heavy atom. The number of nitrogens with zero attached hydrogens (tertiary/aromatic N) is 2. The molecule has 1 fully saturated rings. The minimum atomic E-state index is -0.210. The van der Waals surface area contributed by atoms with Crippen molar-refractivity contribution in [3.8, 4) is 0 Å². The molecule has 112 valence electrons. The number of hydrogen-bond acceptors (Lipinski definition) is 5. The van der Waals surface area contributed by atoms with Gasteiger partial charge in [-0.3, -0.25) is 0 Å². The maximum Gasteiger partial charge on any atom is 0.201 e. The Labute approximate surface area is 133 Å². The highest BCUT2D eigenvalue weighted by molar-refractivity contribution is 6.31. The first-order valence-electron chi connectivity index (χ1n) is 6.78. The van der Waals surface area contributed by atoms with Gasteiger partial charge in [-0.1, -0.05) is 23.2 Å². The molecule has 1 saturated heterocycles. The van der Waals surface area contributed by atoms with Crippen LogP contribution >= 0.6 is 23.2 Å². The van der Waals surface area contributed by atoms with Crippen LogP contribution in [0.1, 0.15) is 0 Å². The summed E-state index contributed by atoms with van der Waals surface area (Å²) in [7, 11) is 0. The fourth-order valence-corrected chi connectivity index (χ4v) is 2.54. The van der Waals surface area contributed by atoms with Gasteiger partial charge in [-0.05, 0) is 30.3 Å². The monoisotopic (exact) mass is 326 g/mol. The van der Waals surface area contributed by atoms with Gasteiger partial charge < -0.3 is 20.3 Å². The summed E-state index contributed by atoms with van der Waals surface area (Å²) in [6, 6.07) is 7.50. The van der Waals surface area contributed by atoms with Crippen molar-refractivity contribution in [1.29, 1.82) is 0 Å². The lowest BCUT2D eigenvalue weighted by Crippen LogP contribution is -2.48. The fraction of sp³-hybridized carbons (Fsp3) is 0.357. The highest BCUT2D eigenvalue weighted by atomic mass is 35.5. The summed E-state index contributed by atoms with van der Waals surface area (Å²) >= 11 is 12.1. The Kier molecular flexibility index (Phi) is 4.53. The normalized spacial score (nSPS) is 22.2. The van der Waals surface area contributed by atoms with E-state index in [0.717, 1.165) is 24.7 Å². The van der Waals surface area contributed by atoms with E-state index in [1.807, 2.05) is 30.3 Å². The van der Waals surface area contributed by atoms with Crippen LogP contribution in [0.25, 0.3) is 0 Å². The number of hydrogen-bond donors (Lipinski definition) is 2. The maximum absolute atomic E-state index is 6.17. The van der Waals surface area contributed by atoms with Crippen LogP contribution in [0, 0.1) is 0 Å². The van der Waals surface area contributed by atoms with Crippen LogP contribution in [-0.4, -0.2) is 43.3 Å². The molecule has 0 bridgehead atoms. The van der Waals surface area contributed by atoms with Crippen molar-refractivity contribution in [3.05, 3.63) is 40.5 Å². The van der Waals surface area contributed by atoms with Gasteiger partial charge in [0, 0.05) is 23.8 Å². The predicted octanol–water partition coefficient (Wildman–Crippen LogP) is 2.45. The van der Waals surface area contributed by atoms with Gasteiger partial charge in [0.15, 0.2) is 0 Å². The Balaban J connectivity index is 1.72. The maximum atomic E-state index is 6.17. The van der Waals surface area contributed by atoms with Gasteiger partial charge in [-0.2, -0.15) is 0 Å². The molecule has 7 heteroatoms. The van der Waals surface area contributed by atoms with E-state index in [9.17, 15) is 0 Å². The molecule has 0 spiro atoms. The second kappa shape index (κ2) is 6.56. The average Bonchev–Trinajstić information content (AvgIpc) is 2.50. The summed E-state index contributed by atoms with van der Waals surface area (Å²) < 4.78 is 5.35. The zero-order valence-electron chi connectivity index (χ0n) is 11.4. The van der Waals surface area contributed by atoms with Crippen molar-refractivity contribution in [3.63, 3.8) is 0 Å². The Morgan fingerprint density at radius 1 is 1.19 bits per heavy atom. The SMILES string of the molecule is ClC1=CC(Nc2ccc(Cl)cc2)N=C(N2CCOCC2)N1. The third kappa shape index (κ3) is 3.81. The highest BCUT2D eigenvalue weighted by Gasteiger charge is 2.20. The van der Waals surface area contributed by atoms with Gasteiger partial charge in [0.25, 0.3) is 0 Å². The van der Waals surface area contributed by atoms with E-state index in [4.69, 9.17) is 27.9 Å². The van der Waals surface area contributed by atoms with Crippen LogP contribution in [0.4, 0.5) is 5.69 Å². The molecule has 21 heavy (non-hydrogen) atoms. The zero-order valence-corrected chi connectivity index (χ0v) is 12.9. The molecule has 0 saturated carbocycles. The number of morpholine rings is 1. The number of halogens is 2. The van der Waals surface area contributed by atoms with Gasteiger partial charge in [-0.15, -0.1) is 0 Å². The molecule has 2 aliphatic heterocycles. The van der Waals surface area contributed by atoms with Crippen LogP contribution in [0.2, 0.25) is 5.02 Å². The molecule has 2 N–H and O–H groups in total. The Morgan fingerprint density at radius 2 is 1.90 bits per heavy atom. The van der Waals surface area contributed by atoms with E-state index >= 15 is 0 Å². The molecule has 0 radical (unpaired) electrons. The van der Waals surface area contributed by atoms with Crippen LogP contribution < -0.4 is 10.6 Å². The summed E-state index contributed by atoms with van der Waals surface area (Å²) in [4.78, 5) is 6.78. The van der Waals surface area contributed by atoms with Crippen molar-refractivity contribution in [2.75, 3.05) is 31.6 Å². The Hall–Kier alpha value is -1.43. The van der Waals surface area contributed by atoms with Crippen LogP contribution in [-0.2, 0) is 4.74 Å². The van der Waals surface area contributed by atoms with E-state index < -0.39 is 0 Å². The minimum Gasteiger partial charge on any atom is -0.378 e. The lowest BCUT2D eigenvalue weighted by Gasteiger charge is -2.32. The van der Waals surface area contributed by atoms with Gasteiger partial charge in [-0.25, -0.2) is 4.99 Å². The Bertz CT molecular complexity index is 553. The van der Waals surface area contributed by atoms with Crippen LogP contribution in [0.5, 0.6) is 0 Å². The molecule has 0 amide bonds. The van der Waals surface area contributed by atoms with Crippen LogP contribution in [0.15, 0.2) is 40.5 Å². The van der Waals surface area contributed by atoms with Gasteiger partial charge in [0.05, 0.1) is 13.2 Å². The molecule has 2 aliphatic rings. The molecule has 1 atom stereocenters. The second-order valence-electron chi connectivity index (χ2n) is 4.79. The van der Waals surface area contributed by atoms with E-state index in [0.29, 0.717) is 23.4 Å². The van der Waals surface area contributed by atoms with Crippen molar-refractivity contribution in [1.82, 2.24) is 10.2 Å². The quantitative estimate of drug-likeness (QED) is 0.820. The number of rotatable bonds is 2. The smallest absolute Gasteiger partial charge is 0.201 e. The number of nitrogens with one attached hydrogen (secondary N) is 2. The molecule has 1 aromatic rings. The first-order valence-corrected chi connectivity index (χ1v) is 7.53. The summed E-state index contributed by atoms with van der Waals surface area (Å²) in [5, 5.41) is 7.67. The molecule has 0 aromatic heterocycles. The van der Waals surface area contributed by atoms with Crippen molar-refractivity contribution >= 4 is 34.8 Å². The third-order valence-electron chi connectivity index (χ3n) is 3.27. The minimum absolute atomic E-state index is 0.210. The van der Waals surface area contributed by atoms with Crippen molar-refractivity contribution < 1.29 is 4.74 Å². The van der Waals surface area contributed by atoms with Crippen molar-refractivity contribution in [2.45, 2.75) is 6.17 Å². The van der Waals surface area contributed by atoms with E-state index in [1.165, 1.54) is 0 Å². The molecular weight excluding hydrogens is 311 g/mol. The van der Waals surface area contributed by atoms with Gasteiger partial charge in [0.1, 0.15) is 11.3 Å². The summed E-state index contributed by atoms with van der Waals surface area (Å²) in [6.45, 7) is 3.03. The lowest BCUT2D eigenvalue weighted by atomic mass is 10.3. The number of anilines is 1. The summed E-state index contributed by atoms with van der Waals surface area (Å²) in [5.74, 6) is 0.775. The lowest BCUT2D eigenvalue weighted by molar-refractivity contribution is 0.0666. The third-order valence-corrected chi connectivity index (χ3v) is 3.74. The largest absolute Gasteiger partial charge is 0.378 e. The first kappa shape index (κ1) is 14.5. The number of aliphatic imine (C=N–C) groups is 1. The zero-order chi connectivity index (χ0) is 14.7.